The molecule has 31 heavy (non-hydrogen) atoms. The van der Waals surface area contributed by atoms with Gasteiger partial charge in [-0.3, -0.25) is 4.79 Å². The Morgan fingerprint density at radius 2 is 1.97 bits per heavy atom. The Balaban J connectivity index is 1.70. The summed E-state index contributed by atoms with van der Waals surface area (Å²) in [6.07, 6.45) is 4.92. The summed E-state index contributed by atoms with van der Waals surface area (Å²) in [7, 11) is -0.802. The molecule has 1 amide bonds. The van der Waals surface area contributed by atoms with Crippen LogP contribution in [0.5, 0.6) is 0 Å². The maximum atomic E-state index is 12.8. The van der Waals surface area contributed by atoms with E-state index in [2.05, 4.69) is 12.2 Å². The number of hydrogen-bond acceptors (Lipinski definition) is 4. The molecule has 0 bridgehead atoms. The van der Waals surface area contributed by atoms with E-state index in [0.29, 0.717) is 18.2 Å². The molecule has 1 aliphatic rings. The number of rotatable bonds is 7. The molecular weight excluding hydrogens is 436 g/mol. The normalized spacial score (nSPS) is 19.4. The topological polar surface area (TPSA) is 75.7 Å². The number of carbonyl (C=O) groups is 1. The molecule has 2 aromatic rings. The van der Waals surface area contributed by atoms with Crippen molar-refractivity contribution >= 4 is 33.2 Å². The van der Waals surface area contributed by atoms with Crippen molar-refractivity contribution in [2.45, 2.75) is 50.2 Å². The van der Waals surface area contributed by atoms with Crippen LogP contribution in [0.15, 0.2) is 47.4 Å². The second-order valence-corrected chi connectivity index (χ2v) is 10.8. The van der Waals surface area contributed by atoms with Crippen molar-refractivity contribution in [2.75, 3.05) is 19.4 Å². The minimum Gasteiger partial charge on any atom is -0.374 e. The highest BCUT2D eigenvalue weighted by molar-refractivity contribution is 7.89. The zero-order valence-electron chi connectivity index (χ0n) is 18.1. The lowest BCUT2D eigenvalue weighted by atomic mass is 9.89. The van der Waals surface area contributed by atoms with Gasteiger partial charge < -0.3 is 10.1 Å². The Labute approximate surface area is 189 Å². The summed E-state index contributed by atoms with van der Waals surface area (Å²) in [5, 5.41) is 2.99. The second kappa shape index (κ2) is 10.1. The number of sulfonamides is 1. The zero-order valence-corrected chi connectivity index (χ0v) is 19.7. The molecule has 168 valence electrons. The minimum atomic E-state index is -3.67. The van der Waals surface area contributed by atoms with Crippen LogP contribution in [0.2, 0.25) is 5.02 Å². The van der Waals surface area contributed by atoms with E-state index in [1.165, 1.54) is 45.1 Å². The predicted octanol–water partition coefficient (Wildman–Crippen LogP) is 4.94. The highest BCUT2D eigenvalue weighted by Crippen LogP contribution is 2.27. The lowest BCUT2D eigenvalue weighted by molar-refractivity contribution is 0.00468. The van der Waals surface area contributed by atoms with Crippen molar-refractivity contribution in [2.24, 2.45) is 5.92 Å². The van der Waals surface area contributed by atoms with Crippen LogP contribution >= 0.6 is 11.6 Å². The first-order chi connectivity index (χ1) is 14.7. The predicted molar refractivity (Wildman–Crippen MR) is 123 cm³/mol. The summed E-state index contributed by atoms with van der Waals surface area (Å²) in [5.74, 6) is 0.223. The highest BCUT2D eigenvalue weighted by atomic mass is 35.5. The number of ether oxygens (including phenoxy) is 1. The van der Waals surface area contributed by atoms with Gasteiger partial charge in [0.15, 0.2) is 0 Å². The Hall–Kier alpha value is -1.93. The fourth-order valence-electron chi connectivity index (χ4n) is 3.73. The molecule has 2 unspecified atom stereocenters. The van der Waals surface area contributed by atoms with E-state index in [9.17, 15) is 13.2 Å². The van der Waals surface area contributed by atoms with Crippen molar-refractivity contribution in [3.8, 4) is 0 Å². The Morgan fingerprint density at radius 1 is 1.19 bits per heavy atom. The molecule has 1 saturated carbocycles. The lowest BCUT2D eigenvalue weighted by Crippen LogP contribution is -2.23. The molecule has 1 aliphatic carbocycles. The van der Waals surface area contributed by atoms with Gasteiger partial charge in [0, 0.05) is 19.8 Å². The third kappa shape index (κ3) is 6.07. The number of amides is 1. The van der Waals surface area contributed by atoms with Gasteiger partial charge in [-0.15, -0.1) is 0 Å². The van der Waals surface area contributed by atoms with E-state index >= 15 is 0 Å². The molecule has 6 nitrogen and oxygen atoms in total. The quantitative estimate of drug-likeness (QED) is 0.629. The van der Waals surface area contributed by atoms with Crippen LogP contribution in [-0.2, 0) is 21.4 Å². The molecular formula is C23H29ClN2O4S. The first-order valence-corrected chi connectivity index (χ1v) is 12.2. The van der Waals surface area contributed by atoms with Crippen LogP contribution in [-0.4, -0.2) is 38.8 Å². The van der Waals surface area contributed by atoms with Gasteiger partial charge in [-0.05, 0) is 54.7 Å². The van der Waals surface area contributed by atoms with Crippen molar-refractivity contribution in [1.82, 2.24) is 4.31 Å². The van der Waals surface area contributed by atoms with Crippen molar-refractivity contribution in [3.05, 3.63) is 58.6 Å². The summed E-state index contributed by atoms with van der Waals surface area (Å²) in [5.41, 5.74) is 1.66. The molecule has 0 heterocycles. The van der Waals surface area contributed by atoms with Crippen molar-refractivity contribution in [3.63, 3.8) is 0 Å². The van der Waals surface area contributed by atoms with Crippen LogP contribution in [0.1, 0.15) is 48.5 Å². The van der Waals surface area contributed by atoms with E-state index in [0.717, 1.165) is 22.7 Å². The molecule has 2 atom stereocenters. The molecule has 0 saturated heterocycles. The average molecular weight is 465 g/mol. The van der Waals surface area contributed by atoms with Gasteiger partial charge >= 0.3 is 0 Å². The van der Waals surface area contributed by atoms with E-state index in [-0.39, 0.29) is 21.6 Å². The molecule has 1 fully saturated rings. The average Bonchev–Trinajstić information content (AvgIpc) is 2.72. The van der Waals surface area contributed by atoms with Gasteiger partial charge in [0.1, 0.15) is 0 Å². The van der Waals surface area contributed by atoms with Gasteiger partial charge in [-0.2, -0.15) is 0 Å². The van der Waals surface area contributed by atoms with E-state index in [1.807, 2.05) is 18.2 Å². The van der Waals surface area contributed by atoms with E-state index < -0.39 is 15.9 Å². The van der Waals surface area contributed by atoms with Crippen LogP contribution < -0.4 is 5.32 Å². The molecule has 0 spiro atoms. The number of halogens is 1. The number of nitrogens with zero attached hydrogens (tertiary/aromatic N) is 1. The third-order valence-electron chi connectivity index (χ3n) is 5.52. The van der Waals surface area contributed by atoms with E-state index in [1.54, 1.807) is 6.07 Å². The number of anilines is 1. The number of hydrogen-bond donors (Lipinski definition) is 1. The standard InChI is InChI=1S/C23H29ClN2O4S/c1-16-6-4-9-19(12-16)30-15-17-7-5-8-18(13-17)25-23(27)21-14-20(10-11-22(21)24)31(28,29)26(2)3/h5,7-8,10-11,13-14,16,19H,4,6,9,12,15H2,1-3H3,(H,25,27). The van der Waals surface area contributed by atoms with Gasteiger partial charge in [0.25, 0.3) is 5.91 Å². The van der Waals surface area contributed by atoms with E-state index in [4.69, 9.17) is 16.3 Å². The Bertz CT molecular complexity index is 1040. The number of benzene rings is 2. The number of carbonyl (C=O) groups excluding carboxylic acids is 1. The van der Waals surface area contributed by atoms with Gasteiger partial charge in [-0.1, -0.05) is 43.5 Å². The van der Waals surface area contributed by atoms with Crippen molar-refractivity contribution < 1.29 is 17.9 Å². The summed E-state index contributed by atoms with van der Waals surface area (Å²) >= 11 is 6.18. The minimum absolute atomic E-state index is 0.0101. The first-order valence-electron chi connectivity index (χ1n) is 10.4. The molecule has 3 rings (SSSR count). The Kier molecular flexibility index (Phi) is 7.75. The fraction of sp³-hybridized carbons (Fsp3) is 0.435. The van der Waals surface area contributed by atoms with Crippen LogP contribution in [0, 0.1) is 5.92 Å². The largest absolute Gasteiger partial charge is 0.374 e. The van der Waals surface area contributed by atoms with Crippen LogP contribution in [0.4, 0.5) is 5.69 Å². The van der Waals surface area contributed by atoms with Gasteiger partial charge in [-0.25, -0.2) is 12.7 Å². The summed E-state index contributed by atoms with van der Waals surface area (Å²) in [6, 6.07) is 11.5. The highest BCUT2D eigenvalue weighted by Gasteiger charge is 2.21. The summed E-state index contributed by atoms with van der Waals surface area (Å²) in [4.78, 5) is 12.8. The molecule has 8 heteroatoms. The lowest BCUT2D eigenvalue weighted by Gasteiger charge is -2.26. The smallest absolute Gasteiger partial charge is 0.257 e. The molecule has 1 N–H and O–H groups in total. The van der Waals surface area contributed by atoms with Gasteiger partial charge in [0.2, 0.25) is 10.0 Å². The Morgan fingerprint density at radius 3 is 2.68 bits per heavy atom. The summed E-state index contributed by atoms with van der Waals surface area (Å²) < 4.78 is 31.9. The molecule has 0 aliphatic heterocycles. The molecule has 0 radical (unpaired) electrons. The molecule has 2 aromatic carbocycles. The second-order valence-electron chi connectivity index (χ2n) is 8.29. The maximum Gasteiger partial charge on any atom is 0.257 e. The van der Waals surface area contributed by atoms with Gasteiger partial charge in [0.05, 0.1) is 28.2 Å². The van der Waals surface area contributed by atoms with Crippen molar-refractivity contribution in [1.29, 1.82) is 0 Å². The zero-order chi connectivity index (χ0) is 22.6. The summed E-state index contributed by atoms with van der Waals surface area (Å²) in [6.45, 7) is 2.74. The molecule has 0 aromatic heterocycles. The third-order valence-corrected chi connectivity index (χ3v) is 7.66. The fourth-order valence-corrected chi connectivity index (χ4v) is 4.86. The monoisotopic (exact) mass is 464 g/mol. The SMILES string of the molecule is CC1CCCC(OCc2cccc(NC(=O)c3cc(S(=O)(=O)N(C)C)ccc3Cl)c2)C1. The first kappa shape index (κ1) is 23.7. The van der Waals surface area contributed by atoms with Crippen LogP contribution in [0.3, 0.4) is 0 Å². The van der Waals surface area contributed by atoms with Crippen LogP contribution in [0.25, 0.3) is 0 Å². The number of nitrogens with one attached hydrogen (secondary N) is 1. The maximum absolute atomic E-state index is 12.8.